The van der Waals surface area contributed by atoms with Crippen LogP contribution in [-0.2, 0) is 10.0 Å². The van der Waals surface area contributed by atoms with Crippen LogP contribution in [0.2, 0.25) is 0 Å². The van der Waals surface area contributed by atoms with E-state index in [1.54, 1.807) is 10.4 Å². The van der Waals surface area contributed by atoms with E-state index in [9.17, 15) is 13.2 Å². The molecule has 3 atom stereocenters. The number of rotatable bonds is 8. The number of amides is 1. The van der Waals surface area contributed by atoms with Gasteiger partial charge in [0.1, 0.15) is 5.76 Å². The average molecular weight is 467 g/mol. The molecule has 2 aliphatic carbocycles. The van der Waals surface area contributed by atoms with E-state index in [1.165, 1.54) is 0 Å². The number of aromatic nitrogens is 1. The number of carbonyl (C=O) groups is 1. The lowest BCUT2D eigenvalue weighted by Crippen LogP contribution is -2.55. The number of carbonyl (C=O) groups excluding carboxylic acids is 1. The maximum Gasteiger partial charge on any atom is 0.273 e. The van der Waals surface area contributed by atoms with Crippen LogP contribution in [0.4, 0.5) is 0 Å². The molecule has 4 aliphatic rings. The molecule has 1 amide bonds. The Kier molecular flexibility index (Phi) is 6.30. The molecular formula is C22H34N4O5S. The number of nitrogens with zero attached hydrogens (tertiary/aromatic N) is 2. The summed E-state index contributed by atoms with van der Waals surface area (Å²) in [7, 11) is -3.35. The molecule has 3 heterocycles. The molecule has 2 saturated heterocycles. The largest absolute Gasteiger partial charge is 0.395 e. The predicted octanol–water partition coefficient (Wildman–Crippen LogP) is 1.50. The molecule has 9 nitrogen and oxygen atoms in total. The van der Waals surface area contributed by atoms with Crippen LogP contribution in [0.25, 0.3) is 0 Å². The SMILES string of the molecule is O=C(N[C@H]1C[C@H]2CC[C@@H](C1)N2S(=O)(=O)[C@H]1CC[C@@H](NCCO)CC1)c1cc(C2CC2)on1. The molecule has 4 fully saturated rings. The highest BCUT2D eigenvalue weighted by molar-refractivity contribution is 7.89. The molecule has 2 bridgehead atoms. The van der Waals surface area contributed by atoms with Crippen molar-refractivity contribution in [1.82, 2.24) is 20.1 Å². The summed E-state index contributed by atoms with van der Waals surface area (Å²) in [6, 6.07) is 1.93. The van der Waals surface area contributed by atoms with E-state index in [0.29, 0.717) is 49.9 Å². The van der Waals surface area contributed by atoms with Crippen molar-refractivity contribution in [3.05, 3.63) is 17.5 Å². The van der Waals surface area contributed by atoms with Crippen molar-refractivity contribution in [2.75, 3.05) is 13.2 Å². The molecule has 0 unspecified atom stereocenters. The van der Waals surface area contributed by atoms with Crippen LogP contribution in [0.5, 0.6) is 0 Å². The second kappa shape index (κ2) is 9.04. The number of piperidine rings is 1. The Morgan fingerprint density at radius 2 is 1.75 bits per heavy atom. The molecule has 2 aliphatic heterocycles. The zero-order valence-corrected chi connectivity index (χ0v) is 19.2. The number of nitrogens with one attached hydrogen (secondary N) is 2. The summed E-state index contributed by atoms with van der Waals surface area (Å²) in [5, 5.41) is 18.9. The number of fused-ring (bicyclic) bond motifs is 2. The van der Waals surface area contributed by atoms with Gasteiger partial charge < -0.3 is 20.3 Å². The molecule has 10 heteroatoms. The second-order valence-corrected chi connectivity index (χ2v) is 12.1. The molecule has 5 rings (SSSR count). The molecule has 1 aromatic rings. The fraction of sp³-hybridized carbons (Fsp3) is 0.818. The van der Waals surface area contributed by atoms with Gasteiger partial charge >= 0.3 is 0 Å². The molecule has 3 N–H and O–H groups in total. The Hall–Kier alpha value is -1.49. The first-order chi connectivity index (χ1) is 15.5. The van der Waals surface area contributed by atoms with Gasteiger partial charge in [-0.2, -0.15) is 4.31 Å². The van der Waals surface area contributed by atoms with Gasteiger partial charge in [0.05, 0.1) is 11.9 Å². The van der Waals surface area contributed by atoms with Crippen LogP contribution < -0.4 is 10.6 Å². The molecule has 0 radical (unpaired) electrons. The highest BCUT2D eigenvalue weighted by Crippen LogP contribution is 2.42. The van der Waals surface area contributed by atoms with Crippen LogP contribution in [0.1, 0.15) is 86.4 Å². The van der Waals surface area contributed by atoms with Gasteiger partial charge in [-0.15, -0.1) is 0 Å². The summed E-state index contributed by atoms with van der Waals surface area (Å²) in [4.78, 5) is 12.6. The van der Waals surface area contributed by atoms with Crippen LogP contribution in [0.3, 0.4) is 0 Å². The minimum atomic E-state index is -3.35. The molecule has 0 spiro atoms. The number of hydrogen-bond donors (Lipinski definition) is 3. The van der Waals surface area contributed by atoms with Crippen molar-refractivity contribution in [1.29, 1.82) is 0 Å². The predicted molar refractivity (Wildman–Crippen MR) is 118 cm³/mol. The Morgan fingerprint density at radius 3 is 2.38 bits per heavy atom. The van der Waals surface area contributed by atoms with E-state index in [4.69, 9.17) is 9.63 Å². The van der Waals surface area contributed by atoms with Gasteiger partial charge in [-0.05, 0) is 64.2 Å². The highest BCUT2D eigenvalue weighted by Gasteiger charge is 2.49. The average Bonchev–Trinajstić information content (AvgIpc) is 3.44. The summed E-state index contributed by atoms with van der Waals surface area (Å²) in [6.45, 7) is 0.660. The topological polar surface area (TPSA) is 125 Å². The summed E-state index contributed by atoms with van der Waals surface area (Å²) < 4.78 is 34.1. The molecule has 2 saturated carbocycles. The maximum absolute atomic E-state index is 13.5. The zero-order valence-electron chi connectivity index (χ0n) is 18.4. The normalized spacial score (nSPS) is 33.3. The molecule has 1 aromatic heterocycles. The van der Waals surface area contributed by atoms with Gasteiger partial charge in [0.25, 0.3) is 5.91 Å². The third kappa shape index (κ3) is 4.47. The number of aliphatic hydroxyl groups is 1. The fourth-order valence-corrected chi connectivity index (χ4v) is 8.32. The standard InChI is InChI=1S/C22H34N4O5S/c27-10-9-23-15-3-7-19(8-4-15)32(29,30)26-17-5-6-18(26)12-16(11-17)24-22(28)20-13-21(31-25-20)14-1-2-14/h13-19,23,27H,1-12H2,(H,24,28)/t15-,16-,17+,18-,19+. The number of sulfonamides is 1. The van der Waals surface area contributed by atoms with Gasteiger partial charge in [-0.1, -0.05) is 5.16 Å². The van der Waals surface area contributed by atoms with Gasteiger partial charge in [0.15, 0.2) is 5.69 Å². The Bertz CT molecular complexity index is 909. The van der Waals surface area contributed by atoms with E-state index >= 15 is 0 Å². The maximum atomic E-state index is 13.5. The first-order valence-corrected chi connectivity index (χ1v) is 13.6. The fourth-order valence-electron chi connectivity index (χ4n) is 5.89. The van der Waals surface area contributed by atoms with Crippen LogP contribution >= 0.6 is 0 Å². The van der Waals surface area contributed by atoms with Crippen LogP contribution in [0.15, 0.2) is 10.6 Å². The first-order valence-electron chi connectivity index (χ1n) is 12.1. The summed E-state index contributed by atoms with van der Waals surface area (Å²) in [5.41, 5.74) is 0.320. The summed E-state index contributed by atoms with van der Waals surface area (Å²) in [5.74, 6) is 0.973. The Labute approximate surface area is 189 Å². The minimum Gasteiger partial charge on any atom is -0.395 e. The molecule has 178 valence electrons. The van der Waals surface area contributed by atoms with E-state index < -0.39 is 10.0 Å². The molecule has 0 aromatic carbocycles. The van der Waals surface area contributed by atoms with Crippen molar-refractivity contribution in [2.24, 2.45) is 0 Å². The van der Waals surface area contributed by atoms with Gasteiger partial charge in [-0.3, -0.25) is 4.79 Å². The smallest absolute Gasteiger partial charge is 0.273 e. The lowest BCUT2D eigenvalue weighted by atomic mass is 9.95. The van der Waals surface area contributed by atoms with Gasteiger partial charge in [-0.25, -0.2) is 8.42 Å². The summed E-state index contributed by atoms with van der Waals surface area (Å²) >= 11 is 0. The van der Waals surface area contributed by atoms with E-state index in [0.717, 1.165) is 44.3 Å². The lowest BCUT2D eigenvalue weighted by Gasteiger charge is -2.41. The summed E-state index contributed by atoms with van der Waals surface area (Å²) in [6.07, 6.45) is 8.19. The van der Waals surface area contributed by atoms with Crippen molar-refractivity contribution < 1.29 is 22.8 Å². The van der Waals surface area contributed by atoms with Crippen molar-refractivity contribution in [3.8, 4) is 0 Å². The van der Waals surface area contributed by atoms with Crippen LogP contribution in [0, 0.1) is 0 Å². The van der Waals surface area contributed by atoms with E-state index in [1.807, 2.05) is 0 Å². The quantitative estimate of drug-likeness (QED) is 0.530. The van der Waals surface area contributed by atoms with Crippen molar-refractivity contribution in [3.63, 3.8) is 0 Å². The molecule has 32 heavy (non-hydrogen) atoms. The van der Waals surface area contributed by atoms with E-state index in [-0.39, 0.29) is 35.9 Å². The van der Waals surface area contributed by atoms with Crippen molar-refractivity contribution >= 4 is 15.9 Å². The lowest BCUT2D eigenvalue weighted by molar-refractivity contribution is 0.0899. The monoisotopic (exact) mass is 466 g/mol. The third-order valence-corrected chi connectivity index (χ3v) is 10.2. The van der Waals surface area contributed by atoms with E-state index in [2.05, 4.69) is 15.8 Å². The van der Waals surface area contributed by atoms with Gasteiger partial charge in [0, 0.05) is 42.7 Å². The van der Waals surface area contributed by atoms with Gasteiger partial charge in [0.2, 0.25) is 10.0 Å². The number of hydrogen-bond acceptors (Lipinski definition) is 7. The van der Waals surface area contributed by atoms with Crippen LogP contribution in [-0.4, -0.2) is 71.5 Å². The zero-order chi connectivity index (χ0) is 22.3. The third-order valence-electron chi connectivity index (χ3n) is 7.68. The molecular weight excluding hydrogens is 432 g/mol. The second-order valence-electron chi connectivity index (χ2n) is 9.94. The number of aliphatic hydroxyl groups excluding tert-OH is 1. The van der Waals surface area contributed by atoms with Crippen molar-refractivity contribution in [2.45, 2.75) is 99.5 Å². The first kappa shape index (κ1) is 22.3. The Morgan fingerprint density at radius 1 is 1.06 bits per heavy atom. The highest BCUT2D eigenvalue weighted by atomic mass is 32.2. The minimum absolute atomic E-state index is 0.0337. The Balaban J connectivity index is 1.18.